The molecule has 0 spiro atoms. The molecule has 21 heavy (non-hydrogen) atoms. The Morgan fingerprint density at radius 3 is 2.86 bits per heavy atom. The zero-order valence-corrected chi connectivity index (χ0v) is 11.9. The number of aliphatic hydroxyl groups is 1. The number of pyridine rings is 1. The lowest BCUT2D eigenvalue weighted by molar-refractivity contribution is -0.130. The van der Waals surface area contributed by atoms with Gasteiger partial charge in [0.25, 0.3) is 5.91 Å². The van der Waals surface area contributed by atoms with Gasteiger partial charge in [0.05, 0.1) is 5.69 Å². The number of hydrogen-bond donors (Lipinski definition) is 3. The normalized spacial score (nSPS) is 12.0. The number of nitrogens with zero attached hydrogens (tertiary/aromatic N) is 3. The first-order valence-corrected chi connectivity index (χ1v) is 6.44. The molecule has 0 aliphatic carbocycles. The number of nitrogen functional groups attached to an aromatic ring is 1. The van der Waals surface area contributed by atoms with Crippen LogP contribution in [0.4, 0.5) is 5.82 Å². The van der Waals surface area contributed by atoms with Gasteiger partial charge in [-0.05, 0) is 25.5 Å². The summed E-state index contributed by atoms with van der Waals surface area (Å²) in [5.74, 6) is 0.329. The second-order valence-electron chi connectivity index (χ2n) is 4.65. The molecule has 1 amide bonds. The number of aromatic nitrogens is 3. The zero-order chi connectivity index (χ0) is 15.4. The molecule has 0 saturated heterocycles. The highest BCUT2D eigenvalue weighted by atomic mass is 16.3. The van der Waals surface area contributed by atoms with Crippen molar-refractivity contribution in [2.45, 2.75) is 26.5 Å². The topological polar surface area (TPSA) is 114 Å². The summed E-state index contributed by atoms with van der Waals surface area (Å²) in [5.41, 5.74) is 7.42. The highest BCUT2D eigenvalue weighted by molar-refractivity contribution is 5.81. The van der Waals surface area contributed by atoms with E-state index in [9.17, 15) is 9.90 Å². The number of amides is 1. The molecule has 2 heterocycles. The Balaban J connectivity index is 2.03. The number of rotatable bonds is 4. The van der Waals surface area contributed by atoms with Crippen molar-refractivity contribution in [1.29, 1.82) is 0 Å². The number of nitrogens with two attached hydrogens (primary N) is 1. The van der Waals surface area contributed by atoms with Crippen molar-refractivity contribution in [1.82, 2.24) is 20.3 Å². The van der Waals surface area contributed by atoms with Crippen LogP contribution < -0.4 is 11.1 Å². The van der Waals surface area contributed by atoms with Gasteiger partial charge in [0.15, 0.2) is 6.10 Å². The first-order chi connectivity index (χ1) is 9.99. The van der Waals surface area contributed by atoms with Crippen LogP contribution in [0.15, 0.2) is 24.5 Å². The van der Waals surface area contributed by atoms with Crippen molar-refractivity contribution < 1.29 is 9.90 Å². The third-order valence-corrected chi connectivity index (χ3v) is 3.03. The number of aryl methyl sites for hydroxylation is 2. The van der Waals surface area contributed by atoms with Gasteiger partial charge >= 0.3 is 0 Å². The van der Waals surface area contributed by atoms with Crippen LogP contribution in [0.5, 0.6) is 0 Å². The van der Waals surface area contributed by atoms with Crippen molar-refractivity contribution in [3.8, 4) is 0 Å². The maximum Gasteiger partial charge on any atom is 0.255 e. The standard InChI is InChI=1S/C14H17N5O2/c1-8-4-3-5-16-11(8)12(20)14(21)18-7-10-6-17-9(2)19-13(10)15/h3-6,12,20H,7H2,1-2H3,(H,18,21)(H2,15,17,19). The fraction of sp³-hybridized carbons (Fsp3) is 0.286. The molecular weight excluding hydrogens is 270 g/mol. The van der Waals surface area contributed by atoms with Crippen LogP contribution in [-0.4, -0.2) is 26.0 Å². The molecule has 0 radical (unpaired) electrons. The molecule has 0 fully saturated rings. The Labute approximate surface area is 122 Å². The molecule has 0 aliphatic rings. The predicted octanol–water partition coefficient (Wildman–Crippen LogP) is 0.420. The maximum atomic E-state index is 12.0. The van der Waals surface area contributed by atoms with E-state index in [0.717, 1.165) is 5.56 Å². The molecule has 0 aromatic carbocycles. The molecule has 2 rings (SSSR count). The molecule has 0 aliphatic heterocycles. The van der Waals surface area contributed by atoms with Crippen LogP contribution in [0, 0.1) is 13.8 Å². The quantitative estimate of drug-likeness (QED) is 0.751. The highest BCUT2D eigenvalue weighted by Gasteiger charge is 2.20. The highest BCUT2D eigenvalue weighted by Crippen LogP contribution is 2.15. The summed E-state index contributed by atoms with van der Waals surface area (Å²) >= 11 is 0. The molecule has 2 aromatic rings. The van der Waals surface area contributed by atoms with E-state index >= 15 is 0 Å². The Bertz CT molecular complexity index is 660. The zero-order valence-electron chi connectivity index (χ0n) is 11.9. The number of carbonyl (C=O) groups excluding carboxylic acids is 1. The molecule has 7 nitrogen and oxygen atoms in total. The van der Waals surface area contributed by atoms with Crippen molar-refractivity contribution in [2.75, 3.05) is 5.73 Å². The van der Waals surface area contributed by atoms with E-state index in [4.69, 9.17) is 5.73 Å². The van der Waals surface area contributed by atoms with E-state index in [0.29, 0.717) is 22.9 Å². The van der Waals surface area contributed by atoms with E-state index in [2.05, 4.69) is 20.3 Å². The Morgan fingerprint density at radius 2 is 2.19 bits per heavy atom. The Morgan fingerprint density at radius 1 is 1.43 bits per heavy atom. The van der Waals surface area contributed by atoms with Gasteiger partial charge in [-0.15, -0.1) is 0 Å². The van der Waals surface area contributed by atoms with E-state index in [-0.39, 0.29) is 6.54 Å². The minimum atomic E-state index is -1.32. The van der Waals surface area contributed by atoms with E-state index in [1.54, 1.807) is 32.2 Å². The lowest BCUT2D eigenvalue weighted by Crippen LogP contribution is -2.30. The average molecular weight is 287 g/mol. The van der Waals surface area contributed by atoms with Crippen molar-refractivity contribution in [3.05, 3.63) is 47.2 Å². The minimum absolute atomic E-state index is 0.147. The van der Waals surface area contributed by atoms with Crippen molar-refractivity contribution in [2.24, 2.45) is 0 Å². The molecule has 7 heteroatoms. The molecule has 1 unspecified atom stereocenters. The lowest BCUT2D eigenvalue weighted by Gasteiger charge is -2.13. The monoisotopic (exact) mass is 287 g/mol. The first-order valence-electron chi connectivity index (χ1n) is 6.44. The van der Waals surface area contributed by atoms with Crippen LogP contribution in [0.3, 0.4) is 0 Å². The smallest absolute Gasteiger partial charge is 0.255 e. The average Bonchev–Trinajstić information content (AvgIpc) is 2.46. The molecule has 0 bridgehead atoms. The molecule has 2 aromatic heterocycles. The second-order valence-corrected chi connectivity index (χ2v) is 4.65. The summed E-state index contributed by atoms with van der Waals surface area (Å²) in [6, 6.07) is 3.53. The first kappa shape index (κ1) is 14.9. The minimum Gasteiger partial charge on any atom is -0.383 e. The summed E-state index contributed by atoms with van der Waals surface area (Å²) in [6.07, 6.45) is 1.76. The van der Waals surface area contributed by atoms with Gasteiger partial charge in [0, 0.05) is 24.5 Å². The third-order valence-electron chi connectivity index (χ3n) is 3.03. The van der Waals surface area contributed by atoms with E-state index in [1.807, 2.05) is 0 Å². The lowest BCUT2D eigenvalue weighted by atomic mass is 10.1. The van der Waals surface area contributed by atoms with Crippen LogP contribution in [0.2, 0.25) is 0 Å². The van der Waals surface area contributed by atoms with Gasteiger partial charge in [-0.3, -0.25) is 9.78 Å². The maximum absolute atomic E-state index is 12.0. The van der Waals surface area contributed by atoms with Gasteiger partial charge < -0.3 is 16.2 Å². The fourth-order valence-corrected chi connectivity index (χ4v) is 1.84. The SMILES string of the molecule is Cc1ncc(CNC(=O)C(O)c2ncccc2C)c(N)n1. The summed E-state index contributed by atoms with van der Waals surface area (Å²) in [5, 5.41) is 12.6. The Kier molecular flexibility index (Phi) is 4.44. The van der Waals surface area contributed by atoms with Crippen LogP contribution in [-0.2, 0) is 11.3 Å². The summed E-state index contributed by atoms with van der Waals surface area (Å²) in [7, 11) is 0. The molecule has 0 saturated carbocycles. The number of anilines is 1. The van der Waals surface area contributed by atoms with E-state index < -0.39 is 12.0 Å². The van der Waals surface area contributed by atoms with E-state index in [1.165, 1.54) is 6.20 Å². The summed E-state index contributed by atoms with van der Waals surface area (Å²) in [6.45, 7) is 3.66. The Hall–Kier alpha value is -2.54. The van der Waals surface area contributed by atoms with Crippen molar-refractivity contribution in [3.63, 3.8) is 0 Å². The summed E-state index contributed by atoms with van der Waals surface area (Å²) < 4.78 is 0. The summed E-state index contributed by atoms with van der Waals surface area (Å²) in [4.78, 5) is 24.0. The van der Waals surface area contributed by atoms with Crippen LogP contribution in [0.25, 0.3) is 0 Å². The number of aliphatic hydroxyl groups excluding tert-OH is 1. The van der Waals surface area contributed by atoms with Crippen molar-refractivity contribution >= 4 is 11.7 Å². The largest absolute Gasteiger partial charge is 0.383 e. The predicted molar refractivity (Wildman–Crippen MR) is 77.0 cm³/mol. The number of hydrogen-bond acceptors (Lipinski definition) is 6. The van der Waals surface area contributed by atoms with Gasteiger partial charge in [0.1, 0.15) is 11.6 Å². The number of nitrogens with one attached hydrogen (secondary N) is 1. The van der Waals surface area contributed by atoms with Gasteiger partial charge in [0.2, 0.25) is 0 Å². The van der Waals surface area contributed by atoms with Gasteiger partial charge in [-0.2, -0.15) is 0 Å². The molecule has 4 N–H and O–H groups in total. The van der Waals surface area contributed by atoms with Crippen LogP contribution >= 0.6 is 0 Å². The van der Waals surface area contributed by atoms with Crippen LogP contribution in [0.1, 0.15) is 28.7 Å². The second kappa shape index (κ2) is 6.27. The molecule has 110 valence electrons. The molecular formula is C14H17N5O2. The molecule has 1 atom stereocenters. The third kappa shape index (κ3) is 3.51. The number of carbonyl (C=O) groups is 1. The van der Waals surface area contributed by atoms with Gasteiger partial charge in [-0.1, -0.05) is 6.07 Å². The van der Waals surface area contributed by atoms with Gasteiger partial charge in [-0.25, -0.2) is 9.97 Å². The fourth-order valence-electron chi connectivity index (χ4n) is 1.84.